The van der Waals surface area contributed by atoms with Crippen molar-refractivity contribution in [3.8, 4) is 34.3 Å². The zero-order chi connectivity index (χ0) is 26.4. The van der Waals surface area contributed by atoms with Gasteiger partial charge in [-0.1, -0.05) is 54.6 Å². The van der Waals surface area contributed by atoms with E-state index in [0.29, 0.717) is 34.3 Å². The van der Waals surface area contributed by atoms with Crippen LogP contribution >= 0.6 is 0 Å². The SMILES string of the molecule is O=C1C=CC(=O)N1c1ccc(Cc2ccc(-n3c(O)cc(-c4ccc5ccccc5c4O)c3O)cc2)cc1. The van der Waals surface area contributed by atoms with Crippen LogP contribution in [-0.4, -0.2) is 31.7 Å². The summed E-state index contributed by atoms with van der Waals surface area (Å²) in [4.78, 5) is 24.9. The van der Waals surface area contributed by atoms with E-state index in [9.17, 15) is 24.9 Å². The molecule has 0 bridgehead atoms. The summed E-state index contributed by atoms with van der Waals surface area (Å²) in [7, 11) is 0. The number of nitrogens with zero attached hydrogens (tertiary/aromatic N) is 2. The number of aromatic nitrogens is 1. The second-order valence-corrected chi connectivity index (χ2v) is 9.11. The van der Waals surface area contributed by atoms with Crippen molar-refractivity contribution in [1.29, 1.82) is 0 Å². The van der Waals surface area contributed by atoms with Crippen molar-refractivity contribution >= 4 is 28.3 Å². The first-order valence-corrected chi connectivity index (χ1v) is 12.0. The lowest BCUT2D eigenvalue weighted by Gasteiger charge is -2.14. The van der Waals surface area contributed by atoms with Gasteiger partial charge in [0.25, 0.3) is 11.8 Å². The van der Waals surface area contributed by atoms with E-state index in [2.05, 4.69) is 0 Å². The summed E-state index contributed by atoms with van der Waals surface area (Å²) >= 11 is 0. The molecule has 2 heterocycles. The number of hydrogen-bond donors (Lipinski definition) is 3. The standard InChI is InChI=1S/C31H22N2O5/c34-27-15-16-28(35)32(27)22-10-5-19(6-11-22)17-20-7-12-23(13-8-20)33-29(36)18-26(31(33)38)25-14-9-21-3-1-2-4-24(21)30(25)37/h1-16,18,36-38H,17H2. The number of carbonyl (C=O) groups is 2. The molecule has 2 amide bonds. The fourth-order valence-corrected chi connectivity index (χ4v) is 4.83. The zero-order valence-corrected chi connectivity index (χ0v) is 20.1. The Morgan fingerprint density at radius 2 is 1.24 bits per heavy atom. The molecule has 0 aliphatic carbocycles. The molecule has 0 saturated heterocycles. The highest BCUT2D eigenvalue weighted by molar-refractivity contribution is 6.28. The summed E-state index contributed by atoms with van der Waals surface area (Å²) < 4.78 is 1.32. The molecule has 0 spiro atoms. The van der Waals surface area contributed by atoms with Crippen LogP contribution < -0.4 is 4.90 Å². The highest BCUT2D eigenvalue weighted by Gasteiger charge is 2.25. The Morgan fingerprint density at radius 1 is 0.632 bits per heavy atom. The predicted molar refractivity (Wildman–Crippen MR) is 145 cm³/mol. The van der Waals surface area contributed by atoms with Gasteiger partial charge in [-0.25, -0.2) is 4.90 Å². The molecule has 1 aliphatic heterocycles. The summed E-state index contributed by atoms with van der Waals surface area (Å²) in [5, 5.41) is 34.0. The molecule has 1 aliphatic rings. The average molecular weight is 503 g/mol. The van der Waals surface area contributed by atoms with Crippen molar-refractivity contribution < 1.29 is 24.9 Å². The second-order valence-electron chi connectivity index (χ2n) is 9.11. The van der Waals surface area contributed by atoms with Crippen molar-refractivity contribution in [2.75, 3.05) is 4.90 Å². The van der Waals surface area contributed by atoms with Crippen LogP contribution in [0.5, 0.6) is 17.5 Å². The minimum Gasteiger partial charge on any atom is -0.507 e. The van der Waals surface area contributed by atoms with Crippen LogP contribution in [0.3, 0.4) is 0 Å². The van der Waals surface area contributed by atoms with Crippen LogP contribution in [-0.2, 0) is 16.0 Å². The number of imide groups is 1. The average Bonchev–Trinajstić information content (AvgIpc) is 3.42. The topological polar surface area (TPSA) is 103 Å². The van der Waals surface area contributed by atoms with Gasteiger partial charge in [0.1, 0.15) is 5.75 Å². The number of benzene rings is 4. The smallest absolute Gasteiger partial charge is 0.258 e. The normalized spacial score (nSPS) is 13.1. The summed E-state index contributed by atoms with van der Waals surface area (Å²) in [5.41, 5.74) is 3.81. The van der Waals surface area contributed by atoms with E-state index in [1.54, 1.807) is 36.4 Å². The third kappa shape index (κ3) is 3.87. The van der Waals surface area contributed by atoms with E-state index in [1.807, 2.05) is 48.5 Å². The van der Waals surface area contributed by atoms with Crippen molar-refractivity contribution in [3.05, 3.63) is 114 Å². The molecule has 6 rings (SSSR count). The molecular weight excluding hydrogens is 480 g/mol. The number of phenols is 1. The van der Waals surface area contributed by atoms with Crippen molar-refractivity contribution in [3.63, 3.8) is 0 Å². The third-order valence-electron chi connectivity index (χ3n) is 6.75. The first kappa shape index (κ1) is 23.1. The largest absolute Gasteiger partial charge is 0.507 e. The van der Waals surface area contributed by atoms with E-state index >= 15 is 0 Å². The summed E-state index contributed by atoms with van der Waals surface area (Å²) in [5.74, 6) is -1.01. The van der Waals surface area contributed by atoms with Crippen molar-refractivity contribution in [2.45, 2.75) is 6.42 Å². The molecule has 3 N–H and O–H groups in total. The van der Waals surface area contributed by atoms with Gasteiger partial charge in [0.05, 0.1) is 16.9 Å². The molecule has 4 aromatic carbocycles. The van der Waals surface area contributed by atoms with Crippen LogP contribution in [0.15, 0.2) is 103 Å². The lowest BCUT2D eigenvalue weighted by molar-refractivity contribution is -0.119. The number of aromatic hydroxyl groups is 3. The molecule has 1 aromatic heterocycles. The first-order chi connectivity index (χ1) is 18.4. The highest BCUT2D eigenvalue weighted by Crippen LogP contribution is 2.44. The number of fused-ring (bicyclic) bond motifs is 1. The Bertz CT molecular complexity index is 1730. The molecule has 0 fully saturated rings. The maximum atomic E-state index is 11.9. The van der Waals surface area contributed by atoms with Crippen LogP contribution in [0.4, 0.5) is 5.69 Å². The highest BCUT2D eigenvalue weighted by atomic mass is 16.3. The van der Waals surface area contributed by atoms with Gasteiger partial charge in [-0.05, 0) is 53.3 Å². The summed E-state index contributed by atoms with van der Waals surface area (Å²) in [6, 6.07) is 27.0. The lowest BCUT2D eigenvalue weighted by Crippen LogP contribution is -2.29. The fourth-order valence-electron chi connectivity index (χ4n) is 4.83. The maximum absolute atomic E-state index is 11.9. The number of amides is 2. The number of rotatable bonds is 5. The molecular formula is C31H22N2O5. The van der Waals surface area contributed by atoms with E-state index in [4.69, 9.17) is 0 Å². The van der Waals surface area contributed by atoms with Gasteiger partial charge in [0, 0.05) is 29.2 Å². The van der Waals surface area contributed by atoms with Gasteiger partial charge in [0.2, 0.25) is 5.88 Å². The molecule has 5 aromatic rings. The van der Waals surface area contributed by atoms with Crippen molar-refractivity contribution in [1.82, 2.24) is 4.57 Å². The molecule has 186 valence electrons. The molecule has 0 radical (unpaired) electrons. The van der Waals surface area contributed by atoms with Gasteiger partial charge in [0.15, 0.2) is 5.88 Å². The number of carbonyl (C=O) groups excluding carboxylic acids is 2. The summed E-state index contributed by atoms with van der Waals surface area (Å²) in [6.45, 7) is 0. The van der Waals surface area contributed by atoms with Crippen molar-refractivity contribution in [2.24, 2.45) is 0 Å². The van der Waals surface area contributed by atoms with Gasteiger partial charge >= 0.3 is 0 Å². The third-order valence-corrected chi connectivity index (χ3v) is 6.75. The van der Waals surface area contributed by atoms with Gasteiger partial charge in [-0.2, -0.15) is 0 Å². The minimum atomic E-state index is -0.353. The minimum absolute atomic E-state index is 0.0339. The monoisotopic (exact) mass is 502 g/mol. The first-order valence-electron chi connectivity index (χ1n) is 12.0. The van der Waals surface area contributed by atoms with Crippen LogP contribution in [0.2, 0.25) is 0 Å². The van der Waals surface area contributed by atoms with Gasteiger partial charge in [-0.15, -0.1) is 0 Å². The Balaban J connectivity index is 1.24. The molecule has 0 saturated carbocycles. The Morgan fingerprint density at radius 3 is 1.89 bits per heavy atom. The number of hydrogen-bond acceptors (Lipinski definition) is 5. The molecule has 0 unspecified atom stereocenters. The maximum Gasteiger partial charge on any atom is 0.258 e. The Kier molecular flexibility index (Phi) is 5.46. The Labute approximate surface area is 217 Å². The van der Waals surface area contributed by atoms with E-state index in [1.165, 1.54) is 22.8 Å². The van der Waals surface area contributed by atoms with E-state index in [-0.39, 0.29) is 29.3 Å². The zero-order valence-electron chi connectivity index (χ0n) is 20.1. The molecule has 38 heavy (non-hydrogen) atoms. The molecule has 0 atom stereocenters. The number of anilines is 1. The predicted octanol–water partition coefficient (Wildman–Crippen LogP) is 5.43. The van der Waals surface area contributed by atoms with Crippen LogP contribution in [0.25, 0.3) is 27.6 Å². The Hall–Kier alpha value is -5.30. The quantitative estimate of drug-likeness (QED) is 0.278. The summed E-state index contributed by atoms with van der Waals surface area (Å²) in [6.07, 6.45) is 3.12. The van der Waals surface area contributed by atoms with E-state index in [0.717, 1.165) is 21.4 Å². The van der Waals surface area contributed by atoms with E-state index < -0.39 is 0 Å². The molecule has 7 heteroatoms. The molecule has 7 nitrogen and oxygen atoms in total. The number of phenolic OH excluding ortho intramolecular Hbond substituents is 1. The van der Waals surface area contributed by atoms with Crippen LogP contribution in [0.1, 0.15) is 11.1 Å². The van der Waals surface area contributed by atoms with Gasteiger partial charge in [-0.3, -0.25) is 14.2 Å². The van der Waals surface area contributed by atoms with Gasteiger partial charge < -0.3 is 15.3 Å². The lowest BCUT2D eigenvalue weighted by atomic mass is 10.0. The second kappa shape index (κ2) is 8.97. The fraction of sp³-hybridized carbons (Fsp3) is 0.0323. The van der Waals surface area contributed by atoms with Crippen LogP contribution in [0, 0.1) is 0 Å².